The van der Waals surface area contributed by atoms with Crippen LogP contribution < -0.4 is 0 Å². The minimum Gasteiger partial charge on any atom is -0.390 e. The van der Waals surface area contributed by atoms with Crippen molar-refractivity contribution in [2.75, 3.05) is 6.54 Å². The van der Waals surface area contributed by atoms with Crippen LogP contribution in [0.4, 0.5) is 4.39 Å². The zero-order chi connectivity index (χ0) is 21.0. The molecule has 2 aromatic rings. The normalized spacial score (nSPS) is 16.3. The van der Waals surface area contributed by atoms with Crippen molar-refractivity contribution in [3.63, 3.8) is 0 Å². The Morgan fingerprint density at radius 2 is 1.90 bits per heavy atom. The monoisotopic (exact) mass is 416 g/mol. The minimum absolute atomic E-state index is 0.0319. The van der Waals surface area contributed by atoms with Gasteiger partial charge in [-0.15, -0.1) is 0 Å². The summed E-state index contributed by atoms with van der Waals surface area (Å²) in [7, 11) is 0. The van der Waals surface area contributed by atoms with Crippen molar-refractivity contribution in [2.45, 2.75) is 46.3 Å². The molecule has 1 aliphatic rings. The Morgan fingerprint density at radius 3 is 2.59 bits per heavy atom. The van der Waals surface area contributed by atoms with Crippen LogP contribution in [0.2, 0.25) is 5.02 Å². The Hall–Kier alpha value is -2.40. The van der Waals surface area contributed by atoms with Gasteiger partial charge in [0.05, 0.1) is 12.3 Å². The second kappa shape index (κ2) is 8.95. The summed E-state index contributed by atoms with van der Waals surface area (Å²) >= 11 is 6.26. The summed E-state index contributed by atoms with van der Waals surface area (Å²) < 4.78 is 14.2. The van der Waals surface area contributed by atoms with Crippen LogP contribution in [-0.2, 0) is 16.2 Å². The highest BCUT2D eigenvalue weighted by Gasteiger charge is 2.29. The first kappa shape index (κ1) is 21.3. The smallest absolute Gasteiger partial charge is 0.223 e. The van der Waals surface area contributed by atoms with Gasteiger partial charge in [0.2, 0.25) is 5.91 Å². The van der Waals surface area contributed by atoms with Gasteiger partial charge in [-0.25, -0.2) is 4.39 Å². The molecule has 0 radical (unpaired) electrons. The van der Waals surface area contributed by atoms with Gasteiger partial charge in [-0.05, 0) is 17.5 Å². The summed E-state index contributed by atoms with van der Waals surface area (Å²) in [4.78, 5) is 20.2. The van der Waals surface area contributed by atoms with Crippen LogP contribution in [0.5, 0.6) is 0 Å². The lowest BCUT2D eigenvalue weighted by atomic mass is 9.91. The van der Waals surface area contributed by atoms with Gasteiger partial charge in [-0.1, -0.05) is 73.9 Å². The van der Waals surface area contributed by atoms with Gasteiger partial charge in [0, 0.05) is 35.5 Å². The first-order valence-electron chi connectivity index (χ1n) is 9.72. The molecule has 0 fully saturated rings. The van der Waals surface area contributed by atoms with E-state index >= 15 is 0 Å². The topological polar surface area (TPSA) is 41.9 Å². The molecule has 0 aliphatic carbocycles. The molecule has 1 unspecified atom stereocenters. The fourth-order valence-corrected chi connectivity index (χ4v) is 3.52. The second-order valence-corrected chi connectivity index (χ2v) is 8.96. The Morgan fingerprint density at radius 1 is 1.21 bits per heavy atom. The number of nitrogens with zero attached hydrogens (tertiary/aromatic N) is 2. The summed E-state index contributed by atoms with van der Waals surface area (Å²) in [6.07, 6.45) is 0.615. The molecule has 1 atom stereocenters. The van der Waals surface area contributed by atoms with Crippen LogP contribution in [0.1, 0.15) is 44.7 Å². The highest BCUT2D eigenvalue weighted by atomic mass is 35.5. The van der Waals surface area contributed by atoms with Crippen molar-refractivity contribution in [3.8, 4) is 0 Å². The molecule has 0 spiro atoms. The molecule has 0 saturated heterocycles. The van der Waals surface area contributed by atoms with Gasteiger partial charge in [0.1, 0.15) is 5.82 Å². The average Bonchev–Trinajstić information content (AvgIpc) is 3.10. The molecule has 1 heterocycles. The van der Waals surface area contributed by atoms with Gasteiger partial charge < -0.3 is 9.74 Å². The first-order chi connectivity index (χ1) is 13.7. The van der Waals surface area contributed by atoms with E-state index in [9.17, 15) is 9.18 Å². The summed E-state index contributed by atoms with van der Waals surface area (Å²) in [5, 5.41) is 4.79. The zero-order valence-electron chi connectivity index (χ0n) is 17.0. The van der Waals surface area contributed by atoms with E-state index in [1.54, 1.807) is 23.1 Å². The van der Waals surface area contributed by atoms with E-state index < -0.39 is 0 Å². The van der Waals surface area contributed by atoms with E-state index in [-0.39, 0.29) is 29.8 Å². The summed E-state index contributed by atoms with van der Waals surface area (Å²) in [5.41, 5.74) is 1.91. The molecule has 1 aliphatic heterocycles. The largest absolute Gasteiger partial charge is 0.390 e. The third-order valence-corrected chi connectivity index (χ3v) is 5.02. The predicted molar refractivity (Wildman–Crippen MR) is 113 cm³/mol. The minimum atomic E-state index is -0.318. The number of carbonyl (C=O) groups excluding carboxylic acids is 1. The first-order valence-corrected chi connectivity index (χ1v) is 10.1. The second-order valence-electron chi connectivity index (χ2n) is 8.55. The molecule has 1 amide bonds. The van der Waals surface area contributed by atoms with E-state index in [4.69, 9.17) is 16.4 Å². The lowest BCUT2D eigenvalue weighted by molar-refractivity contribution is -0.135. The molecule has 3 rings (SSSR count). The Labute approximate surface area is 176 Å². The summed E-state index contributed by atoms with van der Waals surface area (Å²) in [6.45, 7) is 6.56. The van der Waals surface area contributed by atoms with E-state index in [2.05, 4.69) is 5.16 Å². The molecule has 29 heavy (non-hydrogen) atoms. The van der Waals surface area contributed by atoms with E-state index in [1.165, 1.54) is 6.07 Å². The molecule has 154 valence electrons. The zero-order valence-corrected chi connectivity index (χ0v) is 17.7. The number of hydrogen-bond acceptors (Lipinski definition) is 3. The summed E-state index contributed by atoms with van der Waals surface area (Å²) in [5.74, 6) is -0.350. The fourth-order valence-electron chi connectivity index (χ4n) is 3.28. The van der Waals surface area contributed by atoms with Crippen molar-refractivity contribution in [3.05, 3.63) is 70.5 Å². The highest BCUT2D eigenvalue weighted by Crippen LogP contribution is 2.25. The molecule has 2 aromatic carbocycles. The standard InChI is InChI=1S/C23H26ClFN2O2/c1-23(2,3)13-22(28)27(14-16-8-4-7-11-20(16)25)15-17-12-21(26-29-17)18-9-5-6-10-19(18)24/h4-11,17H,12-15H2,1-3H3. The quantitative estimate of drug-likeness (QED) is 0.629. The molecular weight excluding hydrogens is 391 g/mol. The van der Waals surface area contributed by atoms with Crippen LogP contribution in [0.15, 0.2) is 53.7 Å². The van der Waals surface area contributed by atoms with Crippen molar-refractivity contribution in [1.29, 1.82) is 0 Å². The van der Waals surface area contributed by atoms with Crippen LogP contribution >= 0.6 is 11.6 Å². The predicted octanol–water partition coefficient (Wildman–Crippen LogP) is 5.44. The maximum atomic E-state index is 14.2. The summed E-state index contributed by atoms with van der Waals surface area (Å²) in [6, 6.07) is 14.0. The van der Waals surface area contributed by atoms with Crippen LogP contribution in [-0.4, -0.2) is 29.2 Å². The molecule has 0 aromatic heterocycles. The van der Waals surface area contributed by atoms with E-state index in [0.717, 1.165) is 11.3 Å². The molecular formula is C23H26ClFN2O2. The Balaban J connectivity index is 1.73. The molecule has 6 heteroatoms. The third kappa shape index (κ3) is 5.80. The fraction of sp³-hybridized carbons (Fsp3) is 0.391. The Bertz CT molecular complexity index is 908. The maximum Gasteiger partial charge on any atom is 0.223 e. The average molecular weight is 417 g/mol. The van der Waals surface area contributed by atoms with E-state index in [0.29, 0.717) is 30.0 Å². The van der Waals surface area contributed by atoms with Gasteiger partial charge in [0.15, 0.2) is 6.10 Å². The van der Waals surface area contributed by atoms with Gasteiger partial charge in [-0.2, -0.15) is 0 Å². The van der Waals surface area contributed by atoms with Crippen molar-refractivity contribution in [1.82, 2.24) is 4.90 Å². The lowest BCUT2D eigenvalue weighted by Gasteiger charge is -2.28. The number of oxime groups is 1. The van der Waals surface area contributed by atoms with Crippen LogP contribution in [0.25, 0.3) is 0 Å². The number of halogens is 2. The van der Waals surface area contributed by atoms with Crippen molar-refractivity contribution >= 4 is 23.2 Å². The van der Waals surface area contributed by atoms with Crippen molar-refractivity contribution < 1.29 is 14.0 Å². The lowest BCUT2D eigenvalue weighted by Crippen LogP contribution is -2.39. The van der Waals surface area contributed by atoms with Gasteiger partial charge in [-0.3, -0.25) is 4.79 Å². The molecule has 4 nitrogen and oxygen atoms in total. The Kier molecular flexibility index (Phi) is 6.58. The maximum absolute atomic E-state index is 14.2. The number of rotatable bonds is 6. The third-order valence-electron chi connectivity index (χ3n) is 4.70. The number of carbonyl (C=O) groups is 1. The van der Waals surface area contributed by atoms with Crippen LogP contribution in [0.3, 0.4) is 0 Å². The SMILES string of the molecule is CC(C)(C)CC(=O)N(Cc1ccccc1F)CC1CC(c2ccccc2Cl)=NO1. The van der Waals surface area contributed by atoms with Gasteiger partial charge in [0.25, 0.3) is 0 Å². The number of hydrogen-bond donors (Lipinski definition) is 0. The molecule has 0 saturated carbocycles. The molecule has 0 N–H and O–H groups in total. The van der Waals surface area contributed by atoms with Gasteiger partial charge >= 0.3 is 0 Å². The molecule has 0 bridgehead atoms. The van der Waals surface area contributed by atoms with Crippen LogP contribution in [0, 0.1) is 11.2 Å². The number of benzene rings is 2. The highest BCUT2D eigenvalue weighted by molar-refractivity contribution is 6.34. The van der Waals surface area contributed by atoms with Crippen molar-refractivity contribution in [2.24, 2.45) is 10.6 Å². The number of amides is 1. The van der Waals surface area contributed by atoms with E-state index in [1.807, 2.05) is 45.0 Å².